The smallest absolute Gasteiger partial charge is 0.227 e. The fraction of sp³-hybridized carbons (Fsp3) is 0.476. The monoisotopic (exact) mass is 365 g/mol. The average Bonchev–Trinajstić information content (AvgIpc) is 3.28. The molecule has 0 spiro atoms. The molecule has 0 atom stereocenters. The first-order valence-corrected chi connectivity index (χ1v) is 9.94. The van der Waals surface area contributed by atoms with E-state index in [2.05, 4.69) is 26.9 Å². The van der Waals surface area contributed by atoms with Crippen molar-refractivity contribution in [3.05, 3.63) is 48.2 Å². The maximum Gasteiger partial charge on any atom is 0.227 e. The normalized spacial score (nSPS) is 17.4. The van der Waals surface area contributed by atoms with Crippen molar-refractivity contribution in [2.45, 2.75) is 25.7 Å². The number of carbonyl (C=O) groups is 1. The van der Waals surface area contributed by atoms with Crippen LogP contribution in [0.15, 0.2) is 42.6 Å². The first-order valence-electron chi connectivity index (χ1n) is 9.94. The summed E-state index contributed by atoms with van der Waals surface area (Å²) in [5.74, 6) is 2.06. The molecule has 0 radical (unpaired) electrons. The third-order valence-corrected chi connectivity index (χ3v) is 5.44. The van der Waals surface area contributed by atoms with Gasteiger partial charge in [-0.05, 0) is 30.9 Å². The van der Waals surface area contributed by atoms with Gasteiger partial charge in [-0.3, -0.25) is 4.79 Å². The van der Waals surface area contributed by atoms with Crippen LogP contribution in [0.3, 0.4) is 0 Å². The van der Waals surface area contributed by atoms with Crippen LogP contribution in [0, 0.1) is 0 Å². The topological polar surface area (TPSA) is 52.6 Å². The van der Waals surface area contributed by atoms with Gasteiger partial charge in [0.25, 0.3) is 0 Å². The molecule has 1 aromatic carbocycles. The van der Waals surface area contributed by atoms with Crippen LogP contribution in [0.25, 0.3) is 0 Å². The molecule has 0 bridgehead atoms. The van der Waals surface area contributed by atoms with Crippen molar-refractivity contribution < 1.29 is 4.79 Å². The molecule has 6 nitrogen and oxygen atoms in total. The summed E-state index contributed by atoms with van der Waals surface area (Å²) in [5, 5.41) is 0. The van der Waals surface area contributed by atoms with Crippen LogP contribution in [0.2, 0.25) is 0 Å². The van der Waals surface area contributed by atoms with Crippen LogP contribution in [0.4, 0.5) is 11.8 Å². The fourth-order valence-electron chi connectivity index (χ4n) is 3.82. The third kappa shape index (κ3) is 4.38. The van der Waals surface area contributed by atoms with Gasteiger partial charge in [-0.25, -0.2) is 4.98 Å². The number of hydrogen-bond acceptors (Lipinski definition) is 5. The van der Waals surface area contributed by atoms with Gasteiger partial charge in [0.15, 0.2) is 0 Å². The number of amides is 1. The quantitative estimate of drug-likeness (QED) is 0.814. The highest BCUT2D eigenvalue weighted by molar-refractivity contribution is 5.76. The zero-order valence-corrected chi connectivity index (χ0v) is 15.8. The number of piperazine rings is 1. The Morgan fingerprint density at radius 1 is 0.889 bits per heavy atom. The fourth-order valence-corrected chi connectivity index (χ4v) is 3.82. The van der Waals surface area contributed by atoms with Crippen molar-refractivity contribution >= 4 is 17.7 Å². The van der Waals surface area contributed by atoms with Gasteiger partial charge in [-0.2, -0.15) is 4.98 Å². The lowest BCUT2D eigenvalue weighted by Gasteiger charge is -2.35. The zero-order chi connectivity index (χ0) is 18.5. The van der Waals surface area contributed by atoms with Crippen LogP contribution in [-0.4, -0.2) is 60.0 Å². The van der Waals surface area contributed by atoms with Gasteiger partial charge in [0.1, 0.15) is 5.82 Å². The highest BCUT2D eigenvalue weighted by Crippen LogP contribution is 2.20. The van der Waals surface area contributed by atoms with Gasteiger partial charge in [0.2, 0.25) is 11.9 Å². The molecule has 0 N–H and O–H groups in total. The second-order valence-electron chi connectivity index (χ2n) is 7.26. The first kappa shape index (κ1) is 17.8. The lowest BCUT2D eigenvalue weighted by molar-refractivity contribution is -0.131. The Balaban J connectivity index is 1.29. The predicted molar refractivity (Wildman–Crippen MR) is 107 cm³/mol. The highest BCUT2D eigenvalue weighted by atomic mass is 16.2. The molecule has 2 saturated heterocycles. The maximum absolute atomic E-state index is 12.5. The molecule has 27 heavy (non-hydrogen) atoms. The Morgan fingerprint density at radius 2 is 1.63 bits per heavy atom. The van der Waals surface area contributed by atoms with Crippen LogP contribution in [0.5, 0.6) is 0 Å². The van der Waals surface area contributed by atoms with Gasteiger partial charge in [0, 0.05) is 51.9 Å². The summed E-state index contributed by atoms with van der Waals surface area (Å²) in [6.07, 6.45) is 5.68. The highest BCUT2D eigenvalue weighted by Gasteiger charge is 2.23. The van der Waals surface area contributed by atoms with Gasteiger partial charge in [0.05, 0.1) is 0 Å². The standard InChI is InChI=1S/C21H27N5O/c27-20(9-8-18-6-2-1-3-7-18)25-16-14-24(15-17-25)19-10-11-22-21(23-19)26-12-4-5-13-26/h1-3,6-7,10-11H,4-5,8-9,12-17H2. The molecule has 4 rings (SSSR count). The molecule has 2 fully saturated rings. The van der Waals surface area contributed by atoms with E-state index in [0.29, 0.717) is 6.42 Å². The van der Waals surface area contributed by atoms with Gasteiger partial charge in [-0.1, -0.05) is 30.3 Å². The van der Waals surface area contributed by atoms with E-state index in [1.165, 1.54) is 18.4 Å². The summed E-state index contributed by atoms with van der Waals surface area (Å²) >= 11 is 0. The van der Waals surface area contributed by atoms with Crippen molar-refractivity contribution in [2.75, 3.05) is 49.1 Å². The molecule has 1 aromatic heterocycles. The molecule has 2 aromatic rings. The SMILES string of the molecule is O=C(CCc1ccccc1)N1CCN(c2ccnc(N3CCCC3)n2)CC1. The Bertz CT molecular complexity index is 752. The van der Waals surface area contributed by atoms with Gasteiger partial charge in [-0.15, -0.1) is 0 Å². The largest absolute Gasteiger partial charge is 0.353 e. The average molecular weight is 365 g/mol. The molecule has 3 heterocycles. The van der Waals surface area contributed by atoms with Crippen molar-refractivity contribution in [1.82, 2.24) is 14.9 Å². The molecular weight excluding hydrogens is 338 g/mol. The molecule has 0 aliphatic carbocycles. The Morgan fingerprint density at radius 3 is 2.37 bits per heavy atom. The molecule has 0 unspecified atom stereocenters. The summed E-state index contributed by atoms with van der Waals surface area (Å²) in [7, 11) is 0. The summed E-state index contributed by atoms with van der Waals surface area (Å²) < 4.78 is 0. The second kappa shape index (κ2) is 8.37. The van der Waals surface area contributed by atoms with Crippen LogP contribution < -0.4 is 9.80 Å². The molecule has 2 aliphatic heterocycles. The minimum absolute atomic E-state index is 0.249. The van der Waals surface area contributed by atoms with Gasteiger partial charge < -0.3 is 14.7 Å². The molecule has 6 heteroatoms. The van der Waals surface area contributed by atoms with E-state index in [1.807, 2.05) is 35.4 Å². The van der Waals surface area contributed by atoms with E-state index in [-0.39, 0.29) is 5.91 Å². The Kier molecular flexibility index (Phi) is 5.51. The summed E-state index contributed by atoms with van der Waals surface area (Å²) in [5.41, 5.74) is 1.22. The number of carbonyl (C=O) groups excluding carboxylic acids is 1. The summed E-state index contributed by atoms with van der Waals surface area (Å²) in [6, 6.07) is 12.2. The van der Waals surface area contributed by atoms with Crippen LogP contribution in [-0.2, 0) is 11.2 Å². The van der Waals surface area contributed by atoms with E-state index in [0.717, 1.165) is 57.5 Å². The van der Waals surface area contributed by atoms with Gasteiger partial charge >= 0.3 is 0 Å². The van der Waals surface area contributed by atoms with Crippen molar-refractivity contribution in [3.63, 3.8) is 0 Å². The third-order valence-electron chi connectivity index (χ3n) is 5.44. The number of anilines is 2. The molecule has 1 amide bonds. The molecular formula is C21H27N5O. The second-order valence-corrected chi connectivity index (χ2v) is 7.26. The van der Waals surface area contributed by atoms with E-state index in [9.17, 15) is 4.79 Å². The minimum atomic E-state index is 0.249. The number of hydrogen-bond donors (Lipinski definition) is 0. The lowest BCUT2D eigenvalue weighted by Crippen LogP contribution is -2.49. The van der Waals surface area contributed by atoms with Crippen molar-refractivity contribution in [3.8, 4) is 0 Å². The Hall–Kier alpha value is -2.63. The Labute approximate surface area is 160 Å². The molecule has 142 valence electrons. The van der Waals surface area contributed by atoms with Crippen molar-refractivity contribution in [1.29, 1.82) is 0 Å². The number of benzene rings is 1. The van der Waals surface area contributed by atoms with E-state index < -0.39 is 0 Å². The lowest BCUT2D eigenvalue weighted by atomic mass is 10.1. The number of rotatable bonds is 5. The van der Waals surface area contributed by atoms with Crippen LogP contribution >= 0.6 is 0 Å². The number of aryl methyl sites for hydroxylation is 1. The van der Waals surface area contributed by atoms with Crippen LogP contribution in [0.1, 0.15) is 24.8 Å². The van der Waals surface area contributed by atoms with E-state index in [1.54, 1.807) is 0 Å². The minimum Gasteiger partial charge on any atom is -0.353 e. The maximum atomic E-state index is 12.5. The molecule has 2 aliphatic rings. The predicted octanol–water partition coefficient (Wildman–Crippen LogP) is 2.36. The first-order chi connectivity index (χ1) is 13.3. The van der Waals surface area contributed by atoms with E-state index in [4.69, 9.17) is 4.98 Å². The summed E-state index contributed by atoms with van der Waals surface area (Å²) in [4.78, 5) is 28.2. The molecule has 0 saturated carbocycles. The zero-order valence-electron chi connectivity index (χ0n) is 15.8. The van der Waals surface area contributed by atoms with Crippen molar-refractivity contribution in [2.24, 2.45) is 0 Å². The van der Waals surface area contributed by atoms with E-state index >= 15 is 0 Å². The number of aromatic nitrogens is 2. The number of nitrogens with zero attached hydrogens (tertiary/aromatic N) is 5. The summed E-state index contributed by atoms with van der Waals surface area (Å²) in [6.45, 7) is 5.27.